The highest BCUT2D eigenvalue weighted by Gasteiger charge is 2.09. The van der Waals surface area contributed by atoms with E-state index in [0.29, 0.717) is 5.56 Å². The van der Waals surface area contributed by atoms with E-state index in [-0.39, 0.29) is 17.4 Å². The van der Waals surface area contributed by atoms with Crippen LogP contribution >= 0.6 is 11.8 Å². The SMILES string of the molecule is Cc1ccc2nc(C)cc(SCC(=O)N/N=C/c3c(O)ccc4ccccc34)c2c1. The molecule has 3 aromatic carbocycles. The van der Waals surface area contributed by atoms with Crippen molar-refractivity contribution in [3.8, 4) is 5.75 Å². The minimum absolute atomic E-state index is 0.121. The number of hydrogen-bond acceptors (Lipinski definition) is 5. The predicted molar refractivity (Wildman–Crippen MR) is 123 cm³/mol. The van der Waals surface area contributed by atoms with E-state index in [1.807, 2.05) is 62.4 Å². The molecule has 0 unspecified atom stereocenters. The third-order valence-electron chi connectivity index (χ3n) is 4.74. The van der Waals surface area contributed by atoms with Crippen LogP contribution in [0.15, 0.2) is 70.7 Å². The lowest BCUT2D eigenvalue weighted by Crippen LogP contribution is -2.19. The number of carbonyl (C=O) groups excluding carboxylic acids is 1. The molecule has 1 amide bonds. The average Bonchev–Trinajstić information content (AvgIpc) is 2.74. The van der Waals surface area contributed by atoms with E-state index >= 15 is 0 Å². The summed E-state index contributed by atoms with van der Waals surface area (Å²) in [5, 5.41) is 17.1. The van der Waals surface area contributed by atoms with Crippen LogP contribution in [-0.2, 0) is 4.79 Å². The molecule has 0 radical (unpaired) electrons. The van der Waals surface area contributed by atoms with E-state index < -0.39 is 0 Å². The number of aromatic nitrogens is 1. The van der Waals surface area contributed by atoms with Gasteiger partial charge in [-0.25, -0.2) is 5.43 Å². The molecule has 0 saturated carbocycles. The number of nitrogens with one attached hydrogen (secondary N) is 1. The van der Waals surface area contributed by atoms with Crippen LogP contribution in [0, 0.1) is 13.8 Å². The van der Waals surface area contributed by atoms with E-state index in [2.05, 4.69) is 21.6 Å². The predicted octanol–water partition coefficient (Wildman–Crippen LogP) is 4.95. The van der Waals surface area contributed by atoms with Gasteiger partial charge in [0.2, 0.25) is 5.91 Å². The fourth-order valence-electron chi connectivity index (χ4n) is 3.32. The summed E-state index contributed by atoms with van der Waals surface area (Å²) in [6, 6.07) is 19.3. The monoisotopic (exact) mass is 415 g/mol. The number of carbonyl (C=O) groups is 1. The lowest BCUT2D eigenvalue weighted by atomic mass is 10.0. The first-order valence-corrected chi connectivity index (χ1v) is 10.5. The van der Waals surface area contributed by atoms with Crippen LogP contribution in [0.5, 0.6) is 5.75 Å². The molecule has 2 N–H and O–H groups in total. The van der Waals surface area contributed by atoms with Gasteiger partial charge in [-0.05, 0) is 48.9 Å². The second-order valence-electron chi connectivity index (χ2n) is 7.08. The van der Waals surface area contributed by atoms with Crippen molar-refractivity contribution in [3.05, 3.63) is 77.5 Å². The van der Waals surface area contributed by atoms with E-state index in [0.717, 1.165) is 37.8 Å². The van der Waals surface area contributed by atoms with Gasteiger partial charge in [0.05, 0.1) is 17.5 Å². The number of nitrogens with zero attached hydrogens (tertiary/aromatic N) is 2. The Morgan fingerprint density at radius 1 is 1.10 bits per heavy atom. The van der Waals surface area contributed by atoms with Gasteiger partial charge in [0.25, 0.3) is 0 Å². The fraction of sp³-hybridized carbons (Fsp3) is 0.125. The molecule has 0 saturated heterocycles. The van der Waals surface area contributed by atoms with Crippen molar-refractivity contribution in [1.29, 1.82) is 0 Å². The number of hydrazone groups is 1. The molecule has 4 aromatic rings. The van der Waals surface area contributed by atoms with E-state index in [4.69, 9.17) is 0 Å². The number of phenols is 1. The summed E-state index contributed by atoms with van der Waals surface area (Å²) >= 11 is 1.46. The average molecular weight is 416 g/mol. The van der Waals surface area contributed by atoms with Gasteiger partial charge in [0, 0.05) is 21.5 Å². The van der Waals surface area contributed by atoms with Crippen molar-refractivity contribution in [2.24, 2.45) is 5.10 Å². The van der Waals surface area contributed by atoms with E-state index in [9.17, 15) is 9.90 Å². The maximum atomic E-state index is 12.3. The maximum absolute atomic E-state index is 12.3. The van der Waals surface area contributed by atoms with Crippen molar-refractivity contribution in [3.63, 3.8) is 0 Å². The van der Waals surface area contributed by atoms with Crippen LogP contribution in [0.3, 0.4) is 0 Å². The normalized spacial score (nSPS) is 11.4. The maximum Gasteiger partial charge on any atom is 0.250 e. The third-order valence-corrected chi connectivity index (χ3v) is 5.80. The lowest BCUT2D eigenvalue weighted by Gasteiger charge is -2.08. The van der Waals surface area contributed by atoms with Gasteiger partial charge < -0.3 is 5.11 Å². The van der Waals surface area contributed by atoms with E-state index in [1.54, 1.807) is 6.07 Å². The summed E-state index contributed by atoms with van der Waals surface area (Å²) in [4.78, 5) is 17.9. The number of phenolic OH excluding ortho intramolecular Hbond substituents is 1. The highest BCUT2D eigenvalue weighted by molar-refractivity contribution is 8.00. The Morgan fingerprint density at radius 2 is 1.93 bits per heavy atom. The fourth-order valence-corrected chi connectivity index (χ4v) is 4.24. The number of fused-ring (bicyclic) bond motifs is 2. The minimum atomic E-state index is -0.216. The molecule has 30 heavy (non-hydrogen) atoms. The van der Waals surface area contributed by atoms with Crippen LogP contribution in [0.2, 0.25) is 0 Å². The van der Waals surface area contributed by atoms with E-state index in [1.165, 1.54) is 18.0 Å². The Kier molecular flexibility index (Phi) is 5.68. The molecule has 6 heteroatoms. The molecule has 0 aliphatic heterocycles. The summed E-state index contributed by atoms with van der Waals surface area (Å²) in [5.41, 5.74) is 6.12. The zero-order valence-electron chi connectivity index (χ0n) is 16.7. The number of rotatable bonds is 5. The number of hydrogen-bond donors (Lipinski definition) is 2. The molecule has 5 nitrogen and oxygen atoms in total. The first-order valence-electron chi connectivity index (χ1n) is 9.55. The minimum Gasteiger partial charge on any atom is -0.507 e. The molecule has 0 bridgehead atoms. The molecule has 0 atom stereocenters. The van der Waals surface area contributed by atoms with Crippen molar-refractivity contribution in [2.45, 2.75) is 18.7 Å². The molecular formula is C24H21N3O2S. The van der Waals surface area contributed by atoms with Crippen molar-refractivity contribution in [2.75, 3.05) is 5.75 Å². The second kappa shape index (κ2) is 8.55. The molecule has 1 heterocycles. The molecule has 0 aliphatic rings. The number of pyridine rings is 1. The van der Waals surface area contributed by atoms with Crippen molar-refractivity contribution in [1.82, 2.24) is 10.4 Å². The Bertz CT molecular complexity index is 1280. The Balaban J connectivity index is 1.46. The summed E-state index contributed by atoms with van der Waals surface area (Å²) in [6.07, 6.45) is 1.48. The molecule has 0 aliphatic carbocycles. The van der Waals surface area contributed by atoms with Crippen LogP contribution in [0.1, 0.15) is 16.8 Å². The van der Waals surface area contributed by atoms with Crippen LogP contribution < -0.4 is 5.43 Å². The van der Waals surface area contributed by atoms with Crippen molar-refractivity contribution < 1.29 is 9.90 Å². The van der Waals surface area contributed by atoms with Crippen LogP contribution in [0.25, 0.3) is 21.7 Å². The number of thioether (sulfide) groups is 1. The molecule has 150 valence electrons. The highest BCUT2D eigenvalue weighted by atomic mass is 32.2. The lowest BCUT2D eigenvalue weighted by molar-refractivity contribution is -0.118. The van der Waals surface area contributed by atoms with Gasteiger partial charge in [-0.3, -0.25) is 9.78 Å². The Morgan fingerprint density at radius 3 is 2.80 bits per heavy atom. The van der Waals surface area contributed by atoms with Gasteiger partial charge in [-0.1, -0.05) is 42.0 Å². The molecule has 4 rings (SSSR count). The van der Waals surface area contributed by atoms with Crippen molar-refractivity contribution >= 4 is 45.6 Å². The highest BCUT2D eigenvalue weighted by Crippen LogP contribution is 2.29. The number of aromatic hydroxyl groups is 1. The standard InChI is InChI=1S/C24H21N3O2S/c1-15-7-9-21-19(11-15)23(12-16(2)26-21)30-14-24(29)27-25-13-20-18-6-4-3-5-17(18)8-10-22(20)28/h3-13,28H,14H2,1-2H3,(H,27,29)/b25-13+. The summed E-state index contributed by atoms with van der Waals surface area (Å²) < 4.78 is 0. The zero-order valence-corrected chi connectivity index (χ0v) is 17.5. The second-order valence-corrected chi connectivity index (χ2v) is 8.10. The molecule has 0 spiro atoms. The van der Waals surface area contributed by atoms with Gasteiger partial charge in [-0.15, -0.1) is 11.8 Å². The number of benzene rings is 3. The quantitative estimate of drug-likeness (QED) is 0.275. The Hall–Kier alpha value is -3.38. The smallest absolute Gasteiger partial charge is 0.250 e. The largest absolute Gasteiger partial charge is 0.507 e. The van der Waals surface area contributed by atoms with Gasteiger partial charge >= 0.3 is 0 Å². The number of amides is 1. The van der Waals surface area contributed by atoms with Gasteiger partial charge in [-0.2, -0.15) is 5.10 Å². The first-order chi connectivity index (χ1) is 14.5. The van der Waals surface area contributed by atoms with Crippen LogP contribution in [-0.4, -0.2) is 28.0 Å². The Labute approximate surface area is 178 Å². The summed E-state index contributed by atoms with van der Waals surface area (Å²) in [5.74, 6) is 0.132. The van der Waals surface area contributed by atoms with Gasteiger partial charge in [0.15, 0.2) is 0 Å². The number of aryl methyl sites for hydroxylation is 2. The van der Waals surface area contributed by atoms with Gasteiger partial charge in [0.1, 0.15) is 5.75 Å². The zero-order chi connectivity index (χ0) is 21.1. The third kappa shape index (κ3) is 4.28. The topological polar surface area (TPSA) is 74.6 Å². The summed E-state index contributed by atoms with van der Waals surface area (Å²) in [7, 11) is 0. The first kappa shape index (κ1) is 19.9. The molecule has 1 aromatic heterocycles. The molecule has 0 fully saturated rings. The molecular weight excluding hydrogens is 394 g/mol. The summed E-state index contributed by atoms with van der Waals surface area (Å²) in [6.45, 7) is 3.99. The van der Waals surface area contributed by atoms with Crippen LogP contribution in [0.4, 0.5) is 0 Å².